The van der Waals surface area contributed by atoms with Crippen LogP contribution in [0.15, 0.2) is 42.5 Å². The molecule has 0 N–H and O–H groups in total. The van der Waals surface area contributed by atoms with Gasteiger partial charge in [-0.15, -0.1) is 11.3 Å². The number of anilines is 2. The SMILES string of the molecule is CCCC(=O)N(c1nc(-c2ccc(OC)cc2)c(CC)s1)c1cccc(C)c1C. The lowest BCUT2D eigenvalue weighted by Crippen LogP contribution is -2.26. The lowest BCUT2D eigenvalue weighted by atomic mass is 10.1. The van der Waals surface area contributed by atoms with Gasteiger partial charge in [-0.25, -0.2) is 4.98 Å². The Bertz CT molecular complexity index is 993. The van der Waals surface area contributed by atoms with E-state index in [4.69, 9.17) is 9.72 Å². The molecule has 3 aromatic rings. The van der Waals surface area contributed by atoms with Gasteiger partial charge in [-0.05, 0) is 68.1 Å². The molecule has 1 amide bonds. The van der Waals surface area contributed by atoms with E-state index < -0.39 is 0 Å². The van der Waals surface area contributed by atoms with Gasteiger partial charge in [-0.1, -0.05) is 26.0 Å². The van der Waals surface area contributed by atoms with E-state index in [1.165, 1.54) is 10.4 Å². The molecule has 29 heavy (non-hydrogen) atoms. The fraction of sp³-hybridized carbons (Fsp3) is 0.333. The first kappa shape index (κ1) is 21.1. The van der Waals surface area contributed by atoms with Crippen LogP contribution in [0.3, 0.4) is 0 Å². The number of methoxy groups -OCH3 is 1. The van der Waals surface area contributed by atoms with Crippen LogP contribution >= 0.6 is 11.3 Å². The van der Waals surface area contributed by atoms with Gasteiger partial charge in [0.1, 0.15) is 5.75 Å². The summed E-state index contributed by atoms with van der Waals surface area (Å²) in [5.41, 5.74) is 5.17. The highest BCUT2D eigenvalue weighted by molar-refractivity contribution is 7.16. The van der Waals surface area contributed by atoms with Crippen LogP contribution in [0.25, 0.3) is 11.3 Å². The lowest BCUT2D eigenvalue weighted by Gasteiger charge is -2.22. The van der Waals surface area contributed by atoms with Crippen molar-refractivity contribution in [3.63, 3.8) is 0 Å². The topological polar surface area (TPSA) is 42.4 Å². The quantitative estimate of drug-likeness (QED) is 0.450. The summed E-state index contributed by atoms with van der Waals surface area (Å²) in [5, 5.41) is 0.736. The summed E-state index contributed by atoms with van der Waals surface area (Å²) in [7, 11) is 1.66. The lowest BCUT2D eigenvalue weighted by molar-refractivity contribution is -0.117. The maximum atomic E-state index is 13.1. The minimum atomic E-state index is 0.0823. The molecular weight excluding hydrogens is 380 g/mol. The first-order chi connectivity index (χ1) is 14.0. The van der Waals surface area contributed by atoms with Crippen molar-refractivity contribution in [1.29, 1.82) is 0 Å². The van der Waals surface area contributed by atoms with Crippen LogP contribution in [-0.2, 0) is 11.2 Å². The van der Waals surface area contributed by atoms with Crippen LogP contribution in [0, 0.1) is 13.8 Å². The van der Waals surface area contributed by atoms with Gasteiger partial charge >= 0.3 is 0 Å². The molecular formula is C24H28N2O2S. The number of carbonyl (C=O) groups excluding carboxylic acids is 1. The molecule has 1 heterocycles. The van der Waals surface area contributed by atoms with Crippen molar-refractivity contribution in [3.05, 3.63) is 58.5 Å². The van der Waals surface area contributed by atoms with E-state index in [1.807, 2.05) is 48.2 Å². The van der Waals surface area contributed by atoms with E-state index in [2.05, 4.69) is 26.8 Å². The molecule has 0 saturated carbocycles. The van der Waals surface area contributed by atoms with E-state index in [1.54, 1.807) is 18.4 Å². The van der Waals surface area contributed by atoms with E-state index in [0.717, 1.165) is 46.2 Å². The molecule has 3 rings (SSSR count). The molecule has 0 fully saturated rings. The molecule has 0 spiro atoms. The van der Waals surface area contributed by atoms with Crippen molar-refractivity contribution in [1.82, 2.24) is 4.98 Å². The van der Waals surface area contributed by atoms with Crippen molar-refractivity contribution in [2.75, 3.05) is 12.0 Å². The standard InChI is InChI=1S/C24H28N2O2S/c1-6-9-22(27)26(20-11-8-10-16(3)17(20)4)24-25-23(21(7-2)29-24)18-12-14-19(28-5)15-13-18/h8,10-15H,6-7,9H2,1-5H3. The van der Waals surface area contributed by atoms with Gasteiger partial charge in [0, 0.05) is 16.9 Å². The molecule has 1 aromatic heterocycles. The number of hydrogen-bond donors (Lipinski definition) is 0. The zero-order valence-electron chi connectivity index (χ0n) is 17.8. The number of carbonyl (C=O) groups is 1. The van der Waals surface area contributed by atoms with Gasteiger partial charge in [0.05, 0.1) is 18.5 Å². The van der Waals surface area contributed by atoms with Crippen LogP contribution in [-0.4, -0.2) is 18.0 Å². The number of rotatable bonds is 7. The largest absolute Gasteiger partial charge is 0.497 e. The Labute approximate surface area is 177 Å². The number of nitrogens with zero attached hydrogens (tertiary/aromatic N) is 2. The molecule has 0 aliphatic carbocycles. The summed E-state index contributed by atoms with van der Waals surface area (Å²) >= 11 is 1.60. The Hall–Kier alpha value is -2.66. The highest BCUT2D eigenvalue weighted by Crippen LogP contribution is 2.39. The van der Waals surface area contributed by atoms with Gasteiger partial charge in [0.2, 0.25) is 5.91 Å². The second-order valence-electron chi connectivity index (χ2n) is 7.05. The summed E-state index contributed by atoms with van der Waals surface area (Å²) in [4.78, 5) is 21.0. The molecule has 0 saturated heterocycles. The second kappa shape index (κ2) is 9.23. The Morgan fingerprint density at radius 1 is 1.10 bits per heavy atom. The van der Waals surface area contributed by atoms with Gasteiger partial charge in [0.15, 0.2) is 5.13 Å². The molecule has 0 unspecified atom stereocenters. The van der Waals surface area contributed by atoms with Crippen LogP contribution in [0.5, 0.6) is 5.75 Å². The molecule has 152 valence electrons. The highest BCUT2D eigenvalue weighted by atomic mass is 32.1. The fourth-order valence-electron chi connectivity index (χ4n) is 3.30. The Kier molecular flexibility index (Phi) is 6.70. The van der Waals surface area contributed by atoms with E-state index in [0.29, 0.717) is 6.42 Å². The van der Waals surface area contributed by atoms with Gasteiger partial charge < -0.3 is 4.74 Å². The van der Waals surface area contributed by atoms with Crippen LogP contribution < -0.4 is 9.64 Å². The Morgan fingerprint density at radius 3 is 2.45 bits per heavy atom. The number of ether oxygens (including phenoxy) is 1. The molecule has 0 aliphatic rings. The second-order valence-corrected chi connectivity index (χ2v) is 8.11. The van der Waals surface area contributed by atoms with Crippen LogP contribution in [0.1, 0.15) is 42.7 Å². The molecule has 0 atom stereocenters. The van der Waals surface area contributed by atoms with Crippen molar-refractivity contribution in [2.24, 2.45) is 0 Å². The first-order valence-corrected chi connectivity index (χ1v) is 10.8. The van der Waals surface area contributed by atoms with Crippen molar-refractivity contribution in [3.8, 4) is 17.0 Å². The number of hydrogen-bond acceptors (Lipinski definition) is 4. The fourth-order valence-corrected chi connectivity index (χ4v) is 4.35. The molecule has 0 radical (unpaired) electrons. The average molecular weight is 409 g/mol. The van der Waals surface area contributed by atoms with Crippen molar-refractivity contribution >= 4 is 28.1 Å². The van der Waals surface area contributed by atoms with Gasteiger partial charge in [-0.3, -0.25) is 9.69 Å². The van der Waals surface area contributed by atoms with E-state index in [9.17, 15) is 4.79 Å². The molecule has 0 bridgehead atoms. The monoisotopic (exact) mass is 408 g/mol. The predicted molar refractivity (Wildman–Crippen MR) is 121 cm³/mol. The minimum Gasteiger partial charge on any atom is -0.497 e. The molecule has 2 aromatic carbocycles. The maximum Gasteiger partial charge on any atom is 0.233 e. The molecule has 5 heteroatoms. The highest BCUT2D eigenvalue weighted by Gasteiger charge is 2.24. The normalized spacial score (nSPS) is 10.8. The summed E-state index contributed by atoms with van der Waals surface area (Å²) in [5.74, 6) is 0.899. The van der Waals surface area contributed by atoms with Crippen LogP contribution in [0.4, 0.5) is 10.8 Å². The molecule has 4 nitrogen and oxygen atoms in total. The van der Waals surface area contributed by atoms with Crippen LogP contribution in [0.2, 0.25) is 0 Å². The maximum absolute atomic E-state index is 13.1. The Morgan fingerprint density at radius 2 is 1.83 bits per heavy atom. The van der Waals surface area contributed by atoms with E-state index in [-0.39, 0.29) is 5.91 Å². The minimum absolute atomic E-state index is 0.0823. The number of aryl methyl sites for hydroxylation is 2. The number of thiazole rings is 1. The zero-order chi connectivity index (χ0) is 21.0. The Balaban J connectivity index is 2.12. The van der Waals surface area contributed by atoms with Gasteiger partial charge in [0.25, 0.3) is 0 Å². The smallest absolute Gasteiger partial charge is 0.233 e. The number of aromatic nitrogens is 1. The zero-order valence-corrected chi connectivity index (χ0v) is 18.6. The van der Waals surface area contributed by atoms with Crippen molar-refractivity contribution in [2.45, 2.75) is 47.0 Å². The predicted octanol–water partition coefficient (Wildman–Crippen LogP) is 6.46. The number of benzene rings is 2. The summed E-state index contributed by atoms with van der Waals surface area (Å²) in [6.45, 7) is 8.29. The first-order valence-electron chi connectivity index (χ1n) is 10.0. The third-order valence-electron chi connectivity index (χ3n) is 5.09. The molecule has 0 aliphatic heterocycles. The third-order valence-corrected chi connectivity index (χ3v) is 6.28. The van der Waals surface area contributed by atoms with Gasteiger partial charge in [-0.2, -0.15) is 0 Å². The number of amides is 1. The summed E-state index contributed by atoms with van der Waals surface area (Å²) in [6, 6.07) is 14.0. The average Bonchev–Trinajstić information content (AvgIpc) is 3.15. The third kappa shape index (κ3) is 4.35. The summed E-state index contributed by atoms with van der Waals surface area (Å²) < 4.78 is 5.27. The van der Waals surface area contributed by atoms with E-state index >= 15 is 0 Å². The van der Waals surface area contributed by atoms with Crippen molar-refractivity contribution < 1.29 is 9.53 Å². The summed E-state index contributed by atoms with van der Waals surface area (Å²) in [6.07, 6.45) is 2.16.